The number of hydrazone groups is 1. The molecule has 1 aliphatic carbocycles. The number of rotatable bonds is 4. The van der Waals surface area contributed by atoms with Gasteiger partial charge in [-0.15, -0.1) is 0 Å². The van der Waals surface area contributed by atoms with Crippen molar-refractivity contribution in [3.8, 4) is 0 Å². The molecule has 0 spiro atoms. The first-order valence-corrected chi connectivity index (χ1v) is 9.29. The molecule has 5 nitrogen and oxygen atoms in total. The number of nitrogens with one attached hydrogen (secondary N) is 2. The van der Waals surface area contributed by atoms with E-state index in [9.17, 15) is 13.6 Å². The standard InChI is InChI=1S/C22H19F2N3O2/c1-13-20-18(27-26-15-11-9-14(23)10-12-15)7-4-8-19(20)29-21(13)22(28)25-17-6-3-2-5-16(17)24/h2-3,5-6,9-12,26H,4,7-8H2,1H3,(H,25,28)/b27-18+. The third-order valence-corrected chi connectivity index (χ3v) is 4.82. The van der Waals surface area contributed by atoms with Gasteiger partial charge in [0.15, 0.2) is 5.76 Å². The molecular weight excluding hydrogens is 376 g/mol. The summed E-state index contributed by atoms with van der Waals surface area (Å²) in [5.74, 6) is -0.505. The van der Waals surface area contributed by atoms with Gasteiger partial charge in [-0.25, -0.2) is 8.78 Å². The Labute approximate surface area is 166 Å². The Morgan fingerprint density at radius 3 is 2.59 bits per heavy atom. The number of anilines is 2. The van der Waals surface area contributed by atoms with Crippen LogP contribution >= 0.6 is 0 Å². The molecule has 0 saturated carbocycles. The number of furan rings is 1. The first-order chi connectivity index (χ1) is 14.0. The van der Waals surface area contributed by atoms with Gasteiger partial charge >= 0.3 is 0 Å². The molecule has 0 fully saturated rings. The largest absolute Gasteiger partial charge is 0.455 e. The minimum Gasteiger partial charge on any atom is -0.455 e. The maximum absolute atomic E-state index is 13.8. The third-order valence-electron chi connectivity index (χ3n) is 4.82. The lowest BCUT2D eigenvalue weighted by molar-refractivity contribution is 0.0993. The summed E-state index contributed by atoms with van der Waals surface area (Å²) >= 11 is 0. The van der Waals surface area contributed by atoms with E-state index >= 15 is 0 Å². The summed E-state index contributed by atoms with van der Waals surface area (Å²) in [4.78, 5) is 12.7. The number of nitrogens with zero attached hydrogens (tertiary/aromatic N) is 1. The molecule has 7 heteroatoms. The second-order valence-corrected chi connectivity index (χ2v) is 6.82. The fourth-order valence-electron chi connectivity index (χ4n) is 3.39. The summed E-state index contributed by atoms with van der Waals surface area (Å²) in [5.41, 5.74) is 5.90. The van der Waals surface area contributed by atoms with Crippen molar-refractivity contribution in [2.24, 2.45) is 5.10 Å². The molecule has 3 aromatic rings. The fraction of sp³-hybridized carbons (Fsp3) is 0.182. The maximum atomic E-state index is 13.8. The molecule has 1 amide bonds. The van der Waals surface area contributed by atoms with Crippen LogP contribution in [-0.2, 0) is 6.42 Å². The molecule has 0 aliphatic heterocycles. The van der Waals surface area contributed by atoms with Gasteiger partial charge in [0.25, 0.3) is 5.91 Å². The van der Waals surface area contributed by atoms with Crippen LogP contribution in [0.4, 0.5) is 20.2 Å². The first kappa shape index (κ1) is 18.9. The fourth-order valence-corrected chi connectivity index (χ4v) is 3.39. The van der Waals surface area contributed by atoms with Crippen molar-refractivity contribution >= 4 is 23.0 Å². The van der Waals surface area contributed by atoms with Crippen LogP contribution in [0.3, 0.4) is 0 Å². The van der Waals surface area contributed by atoms with Gasteiger partial charge in [-0.3, -0.25) is 10.2 Å². The van der Waals surface area contributed by atoms with Gasteiger partial charge in [0.1, 0.15) is 17.4 Å². The van der Waals surface area contributed by atoms with Crippen molar-refractivity contribution in [3.63, 3.8) is 0 Å². The molecule has 148 valence electrons. The van der Waals surface area contributed by atoms with Gasteiger partial charge in [0.2, 0.25) is 0 Å². The molecule has 0 atom stereocenters. The number of aryl methyl sites for hydroxylation is 1. The van der Waals surface area contributed by atoms with Crippen LogP contribution in [0.25, 0.3) is 0 Å². The van der Waals surface area contributed by atoms with Gasteiger partial charge < -0.3 is 9.73 Å². The average molecular weight is 395 g/mol. The van der Waals surface area contributed by atoms with E-state index in [1.54, 1.807) is 31.2 Å². The molecule has 0 bridgehead atoms. The van der Waals surface area contributed by atoms with Crippen LogP contribution in [0.2, 0.25) is 0 Å². The highest BCUT2D eigenvalue weighted by molar-refractivity contribution is 6.09. The molecule has 0 saturated heterocycles. The van der Waals surface area contributed by atoms with Crippen LogP contribution in [-0.4, -0.2) is 11.6 Å². The second-order valence-electron chi connectivity index (χ2n) is 6.82. The number of carbonyl (C=O) groups is 1. The van der Waals surface area contributed by atoms with Crippen molar-refractivity contribution in [1.29, 1.82) is 0 Å². The van der Waals surface area contributed by atoms with E-state index in [0.29, 0.717) is 23.4 Å². The lowest BCUT2D eigenvalue weighted by atomic mass is 9.93. The predicted molar refractivity (Wildman–Crippen MR) is 107 cm³/mol. The average Bonchev–Trinajstić information content (AvgIpc) is 3.07. The molecule has 1 aromatic heterocycles. The highest BCUT2D eigenvalue weighted by Crippen LogP contribution is 2.30. The van der Waals surface area contributed by atoms with E-state index < -0.39 is 11.7 Å². The van der Waals surface area contributed by atoms with Gasteiger partial charge in [-0.2, -0.15) is 5.10 Å². The van der Waals surface area contributed by atoms with Gasteiger partial charge in [0, 0.05) is 17.5 Å². The van der Waals surface area contributed by atoms with Gasteiger partial charge in [0.05, 0.1) is 17.1 Å². The Morgan fingerprint density at radius 1 is 1.07 bits per heavy atom. The topological polar surface area (TPSA) is 66.6 Å². The number of hydrogen-bond acceptors (Lipinski definition) is 4. The summed E-state index contributed by atoms with van der Waals surface area (Å²) in [6, 6.07) is 11.9. The molecule has 2 N–H and O–H groups in total. The third kappa shape index (κ3) is 3.89. The minimum atomic E-state index is -0.513. The molecule has 1 heterocycles. The van der Waals surface area contributed by atoms with E-state index in [2.05, 4.69) is 15.8 Å². The first-order valence-electron chi connectivity index (χ1n) is 9.29. The lowest BCUT2D eigenvalue weighted by Gasteiger charge is -2.13. The van der Waals surface area contributed by atoms with Crippen molar-refractivity contribution in [1.82, 2.24) is 0 Å². The van der Waals surface area contributed by atoms with Crippen LogP contribution < -0.4 is 10.7 Å². The Bertz CT molecular complexity index is 1090. The predicted octanol–water partition coefficient (Wildman–Crippen LogP) is 5.27. The molecular formula is C22H19F2N3O2. The van der Waals surface area contributed by atoms with Crippen LogP contribution in [0.5, 0.6) is 0 Å². The number of benzene rings is 2. The zero-order valence-corrected chi connectivity index (χ0v) is 15.8. The van der Waals surface area contributed by atoms with E-state index in [4.69, 9.17) is 4.42 Å². The Balaban J connectivity index is 1.60. The van der Waals surface area contributed by atoms with Crippen molar-refractivity contribution < 1.29 is 18.0 Å². The summed E-state index contributed by atoms with van der Waals surface area (Å²) < 4.78 is 32.7. The number of para-hydroxylation sites is 1. The highest BCUT2D eigenvalue weighted by Gasteiger charge is 2.28. The maximum Gasteiger partial charge on any atom is 0.291 e. The smallest absolute Gasteiger partial charge is 0.291 e. The molecule has 29 heavy (non-hydrogen) atoms. The zero-order chi connectivity index (χ0) is 20.4. The molecule has 0 radical (unpaired) electrons. The number of fused-ring (bicyclic) bond motifs is 1. The lowest BCUT2D eigenvalue weighted by Crippen LogP contribution is -2.15. The number of amides is 1. The van der Waals surface area contributed by atoms with Gasteiger partial charge in [-0.05, 0) is 56.2 Å². The van der Waals surface area contributed by atoms with Crippen LogP contribution in [0, 0.1) is 18.6 Å². The van der Waals surface area contributed by atoms with Crippen molar-refractivity contribution in [2.45, 2.75) is 26.2 Å². The van der Waals surface area contributed by atoms with Crippen LogP contribution in [0.15, 0.2) is 58.0 Å². The highest BCUT2D eigenvalue weighted by atomic mass is 19.1. The second kappa shape index (κ2) is 7.87. The normalized spacial score (nSPS) is 14.5. The van der Waals surface area contributed by atoms with Crippen LogP contribution in [0.1, 0.15) is 40.3 Å². The number of halogens is 2. The minimum absolute atomic E-state index is 0.0955. The molecule has 1 aliphatic rings. The van der Waals surface area contributed by atoms with Gasteiger partial charge in [-0.1, -0.05) is 12.1 Å². The van der Waals surface area contributed by atoms with E-state index in [-0.39, 0.29) is 17.3 Å². The Kier molecular flexibility index (Phi) is 5.12. The summed E-state index contributed by atoms with van der Waals surface area (Å²) in [6.07, 6.45) is 2.24. The van der Waals surface area contributed by atoms with E-state index in [1.165, 1.54) is 24.3 Å². The Morgan fingerprint density at radius 2 is 1.83 bits per heavy atom. The Hall–Kier alpha value is -3.48. The molecule has 2 aromatic carbocycles. The SMILES string of the molecule is Cc1c(C(=O)Nc2ccccc2F)oc2c1/C(=N/Nc1ccc(F)cc1)CCC2. The van der Waals surface area contributed by atoms with E-state index in [1.807, 2.05) is 0 Å². The summed E-state index contributed by atoms with van der Waals surface area (Å²) in [7, 11) is 0. The van der Waals surface area contributed by atoms with E-state index in [0.717, 1.165) is 24.1 Å². The molecule has 4 rings (SSSR count). The summed E-state index contributed by atoms with van der Waals surface area (Å²) in [5, 5.41) is 7.00. The van der Waals surface area contributed by atoms with Crippen molar-refractivity contribution in [2.75, 3.05) is 10.7 Å². The number of hydrogen-bond donors (Lipinski definition) is 2. The summed E-state index contributed by atoms with van der Waals surface area (Å²) in [6.45, 7) is 1.79. The zero-order valence-electron chi connectivity index (χ0n) is 15.8. The molecule has 0 unspecified atom stereocenters. The monoisotopic (exact) mass is 395 g/mol. The van der Waals surface area contributed by atoms with Crippen molar-refractivity contribution in [3.05, 3.63) is 82.8 Å². The number of carbonyl (C=O) groups excluding carboxylic acids is 1. The quantitative estimate of drug-likeness (QED) is 0.592.